The summed E-state index contributed by atoms with van der Waals surface area (Å²) in [4.78, 5) is 2.32. The summed E-state index contributed by atoms with van der Waals surface area (Å²) < 4.78 is 0. The Balaban J connectivity index is 2.00. The quantitative estimate of drug-likeness (QED) is 0.815. The molecule has 0 atom stereocenters. The topological polar surface area (TPSA) is 35.5 Å². The first-order valence-electron chi connectivity index (χ1n) is 7.55. The minimum absolute atomic E-state index is 0.0821. The first-order valence-corrected chi connectivity index (χ1v) is 7.55. The monoisotopic (exact) mass is 284 g/mol. The number of benzene rings is 2. The average Bonchev–Trinajstić information content (AvgIpc) is 2.55. The molecule has 3 nitrogen and oxygen atoms in total. The second kappa shape index (κ2) is 7.70. The van der Waals surface area contributed by atoms with E-state index >= 15 is 0 Å². The molecule has 0 aromatic heterocycles. The molecule has 2 aromatic rings. The standard InChI is InChI=1S/C18H24N2O/c1-3-20(4-2)18-11-9-17(10-12-18)19-13-15-7-5-6-8-16(15)14-21/h5-12,19,21H,3-4,13-14H2,1-2H3. The first kappa shape index (κ1) is 15.4. The van der Waals surface area contributed by atoms with Gasteiger partial charge in [-0.1, -0.05) is 24.3 Å². The number of nitrogens with one attached hydrogen (secondary N) is 1. The lowest BCUT2D eigenvalue weighted by Gasteiger charge is -2.21. The Morgan fingerprint density at radius 1 is 0.905 bits per heavy atom. The molecule has 0 amide bonds. The minimum atomic E-state index is 0.0821. The zero-order valence-corrected chi connectivity index (χ0v) is 12.8. The van der Waals surface area contributed by atoms with Crippen molar-refractivity contribution in [2.45, 2.75) is 27.0 Å². The van der Waals surface area contributed by atoms with Crippen LogP contribution in [0.1, 0.15) is 25.0 Å². The zero-order valence-electron chi connectivity index (χ0n) is 12.8. The molecule has 2 aromatic carbocycles. The van der Waals surface area contributed by atoms with Crippen molar-refractivity contribution in [3.05, 3.63) is 59.7 Å². The summed E-state index contributed by atoms with van der Waals surface area (Å²) in [6.45, 7) is 7.18. The van der Waals surface area contributed by atoms with E-state index in [1.807, 2.05) is 24.3 Å². The lowest BCUT2D eigenvalue weighted by molar-refractivity contribution is 0.280. The van der Waals surface area contributed by atoms with Crippen LogP contribution >= 0.6 is 0 Å². The van der Waals surface area contributed by atoms with Crippen molar-refractivity contribution < 1.29 is 5.11 Å². The van der Waals surface area contributed by atoms with Crippen LogP contribution in [0.4, 0.5) is 11.4 Å². The maximum Gasteiger partial charge on any atom is 0.0685 e. The highest BCUT2D eigenvalue weighted by atomic mass is 16.3. The van der Waals surface area contributed by atoms with E-state index in [2.05, 4.69) is 48.3 Å². The van der Waals surface area contributed by atoms with Gasteiger partial charge in [-0.05, 0) is 49.2 Å². The van der Waals surface area contributed by atoms with Crippen molar-refractivity contribution in [1.29, 1.82) is 0 Å². The van der Waals surface area contributed by atoms with Gasteiger partial charge in [0.15, 0.2) is 0 Å². The van der Waals surface area contributed by atoms with Crippen molar-refractivity contribution in [3.63, 3.8) is 0 Å². The number of hydrogen-bond donors (Lipinski definition) is 2. The van der Waals surface area contributed by atoms with E-state index in [1.54, 1.807) is 0 Å². The Labute approximate surface area is 127 Å². The third kappa shape index (κ3) is 3.99. The molecule has 0 radical (unpaired) electrons. The summed E-state index contributed by atoms with van der Waals surface area (Å²) in [5, 5.41) is 12.7. The van der Waals surface area contributed by atoms with E-state index in [1.165, 1.54) is 5.69 Å². The van der Waals surface area contributed by atoms with E-state index < -0.39 is 0 Å². The molecule has 0 saturated carbocycles. The maximum absolute atomic E-state index is 9.33. The second-order valence-electron chi connectivity index (χ2n) is 5.00. The molecule has 0 aliphatic heterocycles. The molecule has 0 heterocycles. The highest BCUT2D eigenvalue weighted by Crippen LogP contribution is 2.19. The lowest BCUT2D eigenvalue weighted by atomic mass is 10.1. The molecule has 2 N–H and O–H groups in total. The van der Waals surface area contributed by atoms with E-state index in [0.717, 1.165) is 36.4 Å². The van der Waals surface area contributed by atoms with Crippen molar-refractivity contribution in [3.8, 4) is 0 Å². The van der Waals surface area contributed by atoms with Crippen LogP contribution in [0.3, 0.4) is 0 Å². The summed E-state index contributed by atoms with van der Waals surface area (Å²) in [5.74, 6) is 0. The highest BCUT2D eigenvalue weighted by Gasteiger charge is 2.03. The van der Waals surface area contributed by atoms with Gasteiger partial charge in [0.05, 0.1) is 6.61 Å². The first-order chi connectivity index (χ1) is 10.3. The highest BCUT2D eigenvalue weighted by molar-refractivity contribution is 5.55. The molecule has 112 valence electrons. The molecule has 3 heteroatoms. The van der Waals surface area contributed by atoms with Crippen LogP contribution in [0.25, 0.3) is 0 Å². The molecular formula is C18H24N2O. The van der Waals surface area contributed by atoms with Crippen LogP contribution in [0.5, 0.6) is 0 Å². The predicted molar refractivity (Wildman–Crippen MR) is 89.7 cm³/mol. The van der Waals surface area contributed by atoms with Crippen LogP contribution in [-0.4, -0.2) is 18.2 Å². The summed E-state index contributed by atoms with van der Waals surface area (Å²) in [6, 6.07) is 16.5. The van der Waals surface area contributed by atoms with Gasteiger partial charge >= 0.3 is 0 Å². The van der Waals surface area contributed by atoms with Gasteiger partial charge in [-0.15, -0.1) is 0 Å². The number of anilines is 2. The summed E-state index contributed by atoms with van der Waals surface area (Å²) in [5.41, 5.74) is 4.46. The molecule has 0 fully saturated rings. The summed E-state index contributed by atoms with van der Waals surface area (Å²) >= 11 is 0. The number of aliphatic hydroxyl groups excluding tert-OH is 1. The largest absolute Gasteiger partial charge is 0.392 e. The third-order valence-electron chi connectivity index (χ3n) is 3.77. The van der Waals surface area contributed by atoms with Crippen LogP contribution in [-0.2, 0) is 13.2 Å². The Bertz CT molecular complexity index is 547. The SMILES string of the molecule is CCN(CC)c1ccc(NCc2ccccc2CO)cc1. The molecule has 0 spiro atoms. The fourth-order valence-corrected chi connectivity index (χ4v) is 2.46. The number of aliphatic hydroxyl groups is 1. The van der Waals surface area contributed by atoms with Gasteiger partial charge in [0.1, 0.15) is 0 Å². The molecule has 0 aliphatic rings. The minimum Gasteiger partial charge on any atom is -0.392 e. The Morgan fingerprint density at radius 2 is 1.52 bits per heavy atom. The fourth-order valence-electron chi connectivity index (χ4n) is 2.46. The van der Waals surface area contributed by atoms with E-state index in [-0.39, 0.29) is 6.61 Å². The molecule has 21 heavy (non-hydrogen) atoms. The van der Waals surface area contributed by atoms with Crippen LogP contribution in [0.2, 0.25) is 0 Å². The molecule has 0 unspecified atom stereocenters. The molecule has 0 aliphatic carbocycles. The normalized spacial score (nSPS) is 10.4. The summed E-state index contributed by atoms with van der Waals surface area (Å²) in [6.07, 6.45) is 0. The van der Waals surface area contributed by atoms with E-state index in [4.69, 9.17) is 0 Å². The zero-order chi connectivity index (χ0) is 15.1. The Hall–Kier alpha value is -2.00. The van der Waals surface area contributed by atoms with Gasteiger partial charge < -0.3 is 15.3 Å². The second-order valence-corrected chi connectivity index (χ2v) is 5.00. The van der Waals surface area contributed by atoms with Crippen LogP contribution in [0.15, 0.2) is 48.5 Å². The Morgan fingerprint density at radius 3 is 2.10 bits per heavy atom. The molecule has 0 saturated heterocycles. The average molecular weight is 284 g/mol. The van der Waals surface area contributed by atoms with Crippen LogP contribution in [0, 0.1) is 0 Å². The van der Waals surface area contributed by atoms with Crippen LogP contribution < -0.4 is 10.2 Å². The van der Waals surface area contributed by atoms with Crippen molar-refractivity contribution in [1.82, 2.24) is 0 Å². The smallest absolute Gasteiger partial charge is 0.0685 e. The maximum atomic E-state index is 9.33. The van der Waals surface area contributed by atoms with Crippen molar-refractivity contribution in [2.24, 2.45) is 0 Å². The molecule has 2 rings (SSSR count). The van der Waals surface area contributed by atoms with Gasteiger partial charge in [-0.2, -0.15) is 0 Å². The number of rotatable bonds is 7. The lowest BCUT2D eigenvalue weighted by Crippen LogP contribution is -2.21. The van der Waals surface area contributed by atoms with E-state index in [0.29, 0.717) is 0 Å². The van der Waals surface area contributed by atoms with Gasteiger partial charge in [-0.3, -0.25) is 0 Å². The van der Waals surface area contributed by atoms with Crippen molar-refractivity contribution in [2.75, 3.05) is 23.3 Å². The molecular weight excluding hydrogens is 260 g/mol. The fraction of sp³-hybridized carbons (Fsp3) is 0.333. The van der Waals surface area contributed by atoms with Gasteiger partial charge in [0.2, 0.25) is 0 Å². The van der Waals surface area contributed by atoms with Gasteiger partial charge in [-0.25, -0.2) is 0 Å². The van der Waals surface area contributed by atoms with E-state index in [9.17, 15) is 5.11 Å². The third-order valence-corrected chi connectivity index (χ3v) is 3.77. The predicted octanol–water partition coefficient (Wildman–Crippen LogP) is 3.64. The van der Waals surface area contributed by atoms with Gasteiger partial charge in [0.25, 0.3) is 0 Å². The van der Waals surface area contributed by atoms with Gasteiger partial charge in [0, 0.05) is 31.0 Å². The Kier molecular flexibility index (Phi) is 5.64. The number of nitrogens with zero attached hydrogens (tertiary/aromatic N) is 1. The van der Waals surface area contributed by atoms with Crippen molar-refractivity contribution >= 4 is 11.4 Å². The summed E-state index contributed by atoms with van der Waals surface area (Å²) in [7, 11) is 0. The molecule has 0 bridgehead atoms. The number of hydrogen-bond acceptors (Lipinski definition) is 3.